The fourth-order valence-electron chi connectivity index (χ4n) is 8.88. The van der Waals surface area contributed by atoms with Crippen LogP contribution in [0.5, 0.6) is 5.75 Å². The van der Waals surface area contributed by atoms with Crippen molar-refractivity contribution in [1.82, 2.24) is 19.5 Å². The molecule has 1 saturated carbocycles. The third kappa shape index (κ3) is 8.99. The summed E-state index contributed by atoms with van der Waals surface area (Å²) >= 11 is 6.42. The maximum absolute atomic E-state index is 13.6. The van der Waals surface area contributed by atoms with Gasteiger partial charge < -0.3 is 18.8 Å². The summed E-state index contributed by atoms with van der Waals surface area (Å²) < 4.78 is 48.8. The molecule has 4 heterocycles. The minimum Gasteiger partial charge on any atom is -0.487 e. The fourth-order valence-corrected chi connectivity index (χ4v) is 10.4. The zero-order chi connectivity index (χ0) is 39.6. The van der Waals surface area contributed by atoms with Gasteiger partial charge in [-0.1, -0.05) is 36.7 Å². The second-order valence-electron chi connectivity index (χ2n) is 16.5. The molecule has 1 aromatic heterocycles. The summed E-state index contributed by atoms with van der Waals surface area (Å²) in [5.41, 5.74) is 3.74. The number of ether oxygens (including phenoxy) is 2. The number of carbonyl (C=O) groups excluding carboxylic acids is 1. The van der Waals surface area contributed by atoms with Gasteiger partial charge in [-0.2, -0.15) is 0 Å². The summed E-state index contributed by atoms with van der Waals surface area (Å²) in [6.07, 6.45) is 9.77. The van der Waals surface area contributed by atoms with Crippen LogP contribution in [0.1, 0.15) is 84.8 Å². The lowest BCUT2D eigenvalue weighted by molar-refractivity contribution is -0.0957. The van der Waals surface area contributed by atoms with Gasteiger partial charge in [-0.25, -0.2) is 18.1 Å². The molecule has 5 atom stereocenters. The van der Waals surface area contributed by atoms with E-state index in [1.54, 1.807) is 13.0 Å². The van der Waals surface area contributed by atoms with Crippen LogP contribution in [-0.2, 0) is 34.3 Å². The molecular formula is C43H58ClN5O6S. The number of oxazole rings is 1. The third-order valence-electron chi connectivity index (χ3n) is 12.9. The van der Waals surface area contributed by atoms with E-state index in [1.807, 2.05) is 58.2 Å². The zero-order valence-corrected chi connectivity index (χ0v) is 35.1. The van der Waals surface area contributed by atoms with Gasteiger partial charge in [-0.05, 0) is 119 Å². The standard InChI is InChI=1S/C43H58ClN5O6S/c1-29-9-8-17-43(53-5,28-48-21-19-47(20-22-48)26-41-45-30(2)31(3)55-41)38-15-12-35(38)25-49-18-7-6-10-33-23-37(44)14-11-36(33)27-54-40-16-13-34(24-39(40)49)42(50)46-56(51,52)32(29)4/h8,11,13-14,16-17,23-24,29,32,35,38H,6-7,9-10,12,15,18-22,25-28H2,1-5H3,(H,46,50)/b17-8+/t29-,32+,35-,38+,43?/m0/s1. The molecule has 0 spiro atoms. The molecule has 56 heavy (non-hydrogen) atoms. The molecule has 3 aromatic rings. The third-order valence-corrected chi connectivity index (χ3v) is 15.1. The second-order valence-corrected chi connectivity index (χ2v) is 19.0. The first-order valence-electron chi connectivity index (χ1n) is 20.3. The first-order valence-corrected chi connectivity index (χ1v) is 22.2. The number of fused-ring (bicyclic) bond motifs is 3. The molecule has 2 bridgehead atoms. The average Bonchev–Trinajstić information content (AvgIpc) is 3.47. The van der Waals surface area contributed by atoms with Crippen molar-refractivity contribution < 1.29 is 27.1 Å². The number of aromatic nitrogens is 1. The van der Waals surface area contributed by atoms with Crippen LogP contribution in [0.2, 0.25) is 5.02 Å². The quantitative estimate of drug-likeness (QED) is 0.272. The number of nitrogens with zero attached hydrogens (tertiary/aromatic N) is 4. The molecule has 1 unspecified atom stereocenters. The van der Waals surface area contributed by atoms with Gasteiger partial charge in [0.05, 0.1) is 23.2 Å². The normalized spacial score (nSPS) is 28.5. The van der Waals surface area contributed by atoms with E-state index in [0.717, 1.165) is 107 Å². The zero-order valence-electron chi connectivity index (χ0n) is 33.6. The molecule has 3 aliphatic heterocycles. The van der Waals surface area contributed by atoms with E-state index in [9.17, 15) is 13.2 Å². The number of benzene rings is 2. The Morgan fingerprint density at radius 3 is 2.50 bits per heavy atom. The molecule has 11 nitrogen and oxygen atoms in total. The molecule has 2 aromatic carbocycles. The molecule has 1 aliphatic carbocycles. The summed E-state index contributed by atoms with van der Waals surface area (Å²) in [5, 5.41) is -0.0840. The van der Waals surface area contributed by atoms with E-state index >= 15 is 0 Å². The molecule has 4 aliphatic rings. The number of aryl methyl sites for hydroxylation is 3. The van der Waals surface area contributed by atoms with Gasteiger partial charge in [0.1, 0.15) is 23.7 Å². The van der Waals surface area contributed by atoms with Crippen LogP contribution in [0.3, 0.4) is 0 Å². The van der Waals surface area contributed by atoms with Gasteiger partial charge in [0, 0.05) is 63.5 Å². The Hall–Kier alpha value is -3.42. The fraction of sp³-hybridized carbons (Fsp3) is 0.581. The number of methoxy groups -OCH3 is 1. The summed E-state index contributed by atoms with van der Waals surface area (Å²) in [6.45, 7) is 14.5. The topological polar surface area (TPSA) is 117 Å². The van der Waals surface area contributed by atoms with E-state index in [-0.39, 0.29) is 11.8 Å². The summed E-state index contributed by atoms with van der Waals surface area (Å²) in [4.78, 5) is 25.5. The minimum absolute atomic E-state index is 0.240. The Bertz CT molecular complexity index is 1990. The van der Waals surface area contributed by atoms with Crippen LogP contribution in [-0.4, -0.2) is 92.9 Å². The van der Waals surface area contributed by atoms with E-state index in [4.69, 9.17) is 25.5 Å². The van der Waals surface area contributed by atoms with E-state index in [0.29, 0.717) is 41.8 Å². The number of anilines is 1. The number of hydrogen-bond acceptors (Lipinski definition) is 10. The van der Waals surface area contributed by atoms with Crippen LogP contribution < -0.4 is 14.4 Å². The van der Waals surface area contributed by atoms with Crippen molar-refractivity contribution in [3.05, 3.63) is 87.6 Å². The van der Waals surface area contributed by atoms with Crippen molar-refractivity contribution in [2.24, 2.45) is 17.8 Å². The Morgan fingerprint density at radius 1 is 1.00 bits per heavy atom. The van der Waals surface area contributed by atoms with Crippen LogP contribution >= 0.6 is 11.6 Å². The van der Waals surface area contributed by atoms with Crippen molar-refractivity contribution >= 4 is 33.2 Å². The van der Waals surface area contributed by atoms with E-state index in [2.05, 4.69) is 36.6 Å². The van der Waals surface area contributed by atoms with Crippen molar-refractivity contribution in [2.45, 2.75) is 90.2 Å². The van der Waals surface area contributed by atoms with Crippen LogP contribution in [0.25, 0.3) is 0 Å². The van der Waals surface area contributed by atoms with Gasteiger partial charge in [0.15, 0.2) is 0 Å². The minimum atomic E-state index is -3.97. The molecule has 1 amide bonds. The van der Waals surface area contributed by atoms with Crippen molar-refractivity contribution in [3.63, 3.8) is 0 Å². The Morgan fingerprint density at radius 2 is 1.79 bits per heavy atom. The number of halogens is 1. The number of rotatable bonds is 5. The summed E-state index contributed by atoms with van der Waals surface area (Å²) in [7, 11) is -2.14. The average molecular weight is 808 g/mol. The maximum Gasteiger partial charge on any atom is 0.264 e. The highest BCUT2D eigenvalue weighted by Gasteiger charge is 2.48. The predicted octanol–water partition coefficient (Wildman–Crippen LogP) is 6.94. The van der Waals surface area contributed by atoms with Crippen LogP contribution in [0.4, 0.5) is 5.69 Å². The van der Waals surface area contributed by atoms with Gasteiger partial charge in [-0.3, -0.25) is 14.6 Å². The predicted molar refractivity (Wildman–Crippen MR) is 220 cm³/mol. The Labute approximate surface area is 337 Å². The van der Waals surface area contributed by atoms with Gasteiger partial charge in [-0.15, -0.1) is 0 Å². The van der Waals surface area contributed by atoms with E-state index in [1.165, 1.54) is 5.56 Å². The number of allylic oxidation sites excluding steroid dienone is 1. The van der Waals surface area contributed by atoms with Crippen molar-refractivity contribution in [3.8, 4) is 5.75 Å². The van der Waals surface area contributed by atoms with Crippen molar-refractivity contribution in [2.75, 3.05) is 57.8 Å². The summed E-state index contributed by atoms with van der Waals surface area (Å²) in [6, 6.07) is 11.3. The molecule has 1 N–H and O–H groups in total. The van der Waals surface area contributed by atoms with Crippen LogP contribution in [0, 0.1) is 31.6 Å². The number of nitrogens with one attached hydrogen (secondary N) is 1. The lowest BCUT2D eigenvalue weighted by Crippen LogP contribution is -2.58. The van der Waals surface area contributed by atoms with Gasteiger partial charge in [0.2, 0.25) is 15.9 Å². The van der Waals surface area contributed by atoms with Gasteiger partial charge >= 0.3 is 0 Å². The molecule has 2 fully saturated rings. The lowest BCUT2D eigenvalue weighted by Gasteiger charge is -2.52. The number of amides is 1. The largest absolute Gasteiger partial charge is 0.487 e. The number of hydrogen-bond donors (Lipinski definition) is 1. The number of piperazine rings is 1. The van der Waals surface area contributed by atoms with E-state index < -0.39 is 26.8 Å². The lowest BCUT2D eigenvalue weighted by atomic mass is 9.63. The molecule has 13 heteroatoms. The highest BCUT2D eigenvalue weighted by Crippen LogP contribution is 2.47. The maximum atomic E-state index is 13.6. The first-order chi connectivity index (χ1) is 26.8. The molecule has 1 saturated heterocycles. The number of sulfonamides is 1. The highest BCUT2D eigenvalue weighted by molar-refractivity contribution is 7.90. The van der Waals surface area contributed by atoms with Crippen molar-refractivity contribution in [1.29, 1.82) is 0 Å². The monoisotopic (exact) mass is 807 g/mol. The molecule has 0 radical (unpaired) electrons. The molecular weight excluding hydrogens is 750 g/mol. The Kier molecular flexibility index (Phi) is 12.5. The van der Waals surface area contributed by atoms with Crippen LogP contribution in [0.15, 0.2) is 53.0 Å². The molecule has 304 valence electrons. The first kappa shape index (κ1) is 40.8. The summed E-state index contributed by atoms with van der Waals surface area (Å²) in [5.74, 6) is 2.00. The Balaban J connectivity index is 1.19. The SMILES string of the molecule is COC1(CN2CCN(Cc3nc(C)c(C)o3)CC2)/C=C/C[C@H](C)[C@@H](C)S(=O)(=O)NC(=O)c2ccc3c(c2)N(CCCCc2cc(Cl)ccc2CO3)C[C@@H]2CC[C@H]21. The second kappa shape index (κ2) is 17.2. The smallest absolute Gasteiger partial charge is 0.264 e. The highest BCUT2D eigenvalue weighted by atomic mass is 35.5. The number of carbonyl (C=O) groups is 1. The molecule has 7 rings (SSSR count). The van der Waals surface area contributed by atoms with Gasteiger partial charge in [0.25, 0.3) is 5.91 Å².